The minimum atomic E-state index is 0.989. The van der Waals surface area contributed by atoms with Crippen molar-refractivity contribution in [2.24, 2.45) is 0 Å². The Hall–Kier alpha value is -2.06. The third kappa shape index (κ3) is 8.55. The Morgan fingerprint density at radius 3 is 1.60 bits per heavy atom. The molecule has 0 aliphatic rings. The molecule has 1 aromatic heterocycles. The van der Waals surface area contributed by atoms with Gasteiger partial charge in [0.05, 0.1) is 0 Å². The van der Waals surface area contributed by atoms with Gasteiger partial charge in [-0.05, 0) is 61.9 Å². The molecule has 0 aliphatic carbocycles. The smallest absolute Gasteiger partial charge is 0.0270 e. The van der Waals surface area contributed by atoms with E-state index >= 15 is 0 Å². The van der Waals surface area contributed by atoms with Crippen LogP contribution in [0.3, 0.4) is 0 Å². The molecule has 0 spiro atoms. The average Bonchev–Trinajstić information content (AvgIpc) is 2.67. The van der Waals surface area contributed by atoms with E-state index in [1.165, 1.54) is 27.1 Å². The Labute approximate surface area is 157 Å². The zero-order chi connectivity index (χ0) is 18.5. The molecule has 0 N–H and O–H groups in total. The maximum atomic E-state index is 4.00. The number of hydrogen-bond acceptors (Lipinski definition) is 2. The molecule has 0 unspecified atom stereocenters. The lowest BCUT2D eigenvalue weighted by atomic mass is 10.1. The maximum absolute atomic E-state index is 4.00. The van der Waals surface area contributed by atoms with Gasteiger partial charge >= 0.3 is 0 Å². The standard InChI is InChI=1S/C13H13N.C8H10S.C2H6/c1-11-2-4-12(5-3-11)10-13-6-8-14-9-7-13;1-7-3-5-8(9-2)6-4-7;1-2/h2-9H,10H2,1H3;3-6H,1-2H3;1-2H3. The van der Waals surface area contributed by atoms with Gasteiger partial charge in [-0.25, -0.2) is 0 Å². The van der Waals surface area contributed by atoms with Crippen molar-refractivity contribution in [3.8, 4) is 0 Å². The van der Waals surface area contributed by atoms with Crippen LogP contribution in [0.25, 0.3) is 0 Å². The summed E-state index contributed by atoms with van der Waals surface area (Å²) in [6.07, 6.45) is 6.75. The van der Waals surface area contributed by atoms with Gasteiger partial charge in [0.1, 0.15) is 0 Å². The highest BCUT2D eigenvalue weighted by atomic mass is 32.2. The molecular weight excluding hydrogens is 322 g/mol. The summed E-state index contributed by atoms with van der Waals surface area (Å²) in [4.78, 5) is 5.34. The molecule has 1 nitrogen and oxygen atoms in total. The van der Waals surface area contributed by atoms with Gasteiger partial charge in [-0.15, -0.1) is 11.8 Å². The number of benzene rings is 2. The lowest BCUT2D eigenvalue weighted by Gasteiger charge is -2.01. The molecule has 2 aromatic carbocycles. The van der Waals surface area contributed by atoms with Crippen molar-refractivity contribution in [3.63, 3.8) is 0 Å². The zero-order valence-electron chi connectivity index (χ0n) is 16.0. The molecule has 132 valence electrons. The van der Waals surface area contributed by atoms with Crippen LogP contribution >= 0.6 is 11.8 Å². The van der Waals surface area contributed by atoms with E-state index in [0.29, 0.717) is 0 Å². The van der Waals surface area contributed by atoms with Gasteiger partial charge in [0.2, 0.25) is 0 Å². The average molecular weight is 352 g/mol. The van der Waals surface area contributed by atoms with Crippen molar-refractivity contribution in [1.82, 2.24) is 4.98 Å². The molecular formula is C23H29NS. The van der Waals surface area contributed by atoms with Crippen molar-refractivity contribution in [3.05, 3.63) is 95.3 Å². The van der Waals surface area contributed by atoms with Crippen LogP contribution in [0.4, 0.5) is 0 Å². The van der Waals surface area contributed by atoms with E-state index in [0.717, 1.165) is 6.42 Å². The Bertz CT molecular complexity index is 688. The minimum absolute atomic E-state index is 0.989. The summed E-state index contributed by atoms with van der Waals surface area (Å²) < 4.78 is 0. The maximum Gasteiger partial charge on any atom is 0.0270 e. The normalized spacial score (nSPS) is 9.32. The summed E-state index contributed by atoms with van der Waals surface area (Å²) in [6.45, 7) is 8.21. The molecule has 0 bridgehead atoms. The Balaban J connectivity index is 0.000000246. The summed E-state index contributed by atoms with van der Waals surface area (Å²) in [7, 11) is 0. The van der Waals surface area contributed by atoms with Gasteiger partial charge in [-0.1, -0.05) is 61.4 Å². The quantitative estimate of drug-likeness (QED) is 0.486. The number of nitrogens with zero attached hydrogens (tertiary/aromatic N) is 1. The number of rotatable bonds is 3. The van der Waals surface area contributed by atoms with Crippen LogP contribution in [0, 0.1) is 13.8 Å². The van der Waals surface area contributed by atoms with Crippen molar-refractivity contribution in [1.29, 1.82) is 0 Å². The van der Waals surface area contributed by atoms with Crippen LogP contribution in [-0.4, -0.2) is 11.2 Å². The van der Waals surface area contributed by atoms with Gasteiger partial charge in [0.15, 0.2) is 0 Å². The Kier molecular flexibility index (Phi) is 10.3. The van der Waals surface area contributed by atoms with Gasteiger partial charge in [0, 0.05) is 17.3 Å². The van der Waals surface area contributed by atoms with Gasteiger partial charge in [-0.2, -0.15) is 0 Å². The van der Waals surface area contributed by atoms with Crippen molar-refractivity contribution >= 4 is 11.8 Å². The second-order valence-electron chi connectivity index (χ2n) is 5.54. The Morgan fingerprint density at radius 1 is 0.680 bits per heavy atom. The number of thioether (sulfide) groups is 1. The fourth-order valence-corrected chi connectivity index (χ4v) is 2.52. The predicted octanol–water partition coefficient (Wildman–Crippen LogP) is 6.72. The third-order valence-electron chi connectivity index (χ3n) is 3.53. The van der Waals surface area contributed by atoms with Gasteiger partial charge in [-0.3, -0.25) is 4.98 Å². The van der Waals surface area contributed by atoms with E-state index in [4.69, 9.17) is 0 Å². The SMILES string of the molecule is CC.CSc1ccc(C)cc1.Cc1ccc(Cc2ccncc2)cc1. The predicted molar refractivity (Wildman–Crippen MR) is 113 cm³/mol. The molecule has 3 rings (SSSR count). The molecule has 3 aromatic rings. The second kappa shape index (κ2) is 12.3. The van der Waals surface area contributed by atoms with E-state index < -0.39 is 0 Å². The molecule has 0 amide bonds. The van der Waals surface area contributed by atoms with Gasteiger partial charge < -0.3 is 0 Å². The lowest BCUT2D eigenvalue weighted by molar-refractivity contribution is 1.16. The zero-order valence-corrected chi connectivity index (χ0v) is 16.8. The number of pyridine rings is 1. The second-order valence-corrected chi connectivity index (χ2v) is 6.41. The first-order valence-corrected chi connectivity index (χ1v) is 9.95. The van der Waals surface area contributed by atoms with Gasteiger partial charge in [0.25, 0.3) is 0 Å². The van der Waals surface area contributed by atoms with Crippen LogP contribution in [0.1, 0.15) is 36.1 Å². The minimum Gasteiger partial charge on any atom is -0.265 e. The van der Waals surface area contributed by atoms with Crippen LogP contribution in [0.2, 0.25) is 0 Å². The fourth-order valence-electron chi connectivity index (χ4n) is 2.12. The summed E-state index contributed by atoms with van der Waals surface area (Å²) in [6, 6.07) is 21.3. The van der Waals surface area contributed by atoms with E-state index in [2.05, 4.69) is 85.8 Å². The summed E-state index contributed by atoms with van der Waals surface area (Å²) in [5.41, 5.74) is 5.29. The van der Waals surface area contributed by atoms with E-state index in [1.807, 2.05) is 26.2 Å². The topological polar surface area (TPSA) is 12.9 Å². The van der Waals surface area contributed by atoms with Crippen molar-refractivity contribution < 1.29 is 0 Å². The Morgan fingerprint density at radius 2 is 1.12 bits per heavy atom. The molecule has 25 heavy (non-hydrogen) atoms. The van der Waals surface area contributed by atoms with Crippen molar-refractivity contribution in [2.75, 3.05) is 6.26 Å². The largest absolute Gasteiger partial charge is 0.265 e. The third-order valence-corrected chi connectivity index (χ3v) is 4.28. The van der Waals surface area contributed by atoms with E-state index in [-0.39, 0.29) is 0 Å². The molecule has 0 atom stereocenters. The van der Waals surface area contributed by atoms with Crippen LogP contribution in [-0.2, 0) is 6.42 Å². The summed E-state index contributed by atoms with van der Waals surface area (Å²) >= 11 is 1.78. The van der Waals surface area contributed by atoms with Crippen molar-refractivity contribution in [2.45, 2.75) is 39.0 Å². The van der Waals surface area contributed by atoms with Crippen LogP contribution < -0.4 is 0 Å². The number of aryl methyl sites for hydroxylation is 2. The monoisotopic (exact) mass is 351 g/mol. The molecule has 0 aliphatic heterocycles. The molecule has 2 heteroatoms. The van der Waals surface area contributed by atoms with E-state index in [9.17, 15) is 0 Å². The summed E-state index contributed by atoms with van der Waals surface area (Å²) in [5.74, 6) is 0. The number of hydrogen-bond donors (Lipinski definition) is 0. The molecule has 0 saturated heterocycles. The van der Waals surface area contributed by atoms with E-state index in [1.54, 1.807) is 11.8 Å². The molecule has 1 heterocycles. The lowest BCUT2D eigenvalue weighted by Crippen LogP contribution is -1.87. The van der Waals surface area contributed by atoms with Crippen LogP contribution in [0.15, 0.2) is 78.0 Å². The highest BCUT2D eigenvalue weighted by molar-refractivity contribution is 7.98. The first-order valence-electron chi connectivity index (χ1n) is 8.72. The highest BCUT2D eigenvalue weighted by Crippen LogP contribution is 2.13. The first kappa shape index (κ1) is 21.0. The first-order chi connectivity index (χ1) is 12.2. The summed E-state index contributed by atoms with van der Waals surface area (Å²) in [5, 5.41) is 0. The number of aromatic nitrogens is 1. The fraction of sp³-hybridized carbons (Fsp3) is 0.261. The molecule has 0 saturated carbocycles. The van der Waals surface area contributed by atoms with Crippen LogP contribution in [0.5, 0.6) is 0 Å². The molecule has 0 fully saturated rings. The molecule has 0 radical (unpaired) electrons. The highest BCUT2D eigenvalue weighted by Gasteiger charge is 1.94.